The molecule has 0 aliphatic carbocycles. The van der Waals surface area contributed by atoms with E-state index >= 15 is 0 Å². The van der Waals surface area contributed by atoms with Gasteiger partial charge in [0.15, 0.2) is 9.84 Å². The van der Waals surface area contributed by atoms with Gasteiger partial charge in [-0.3, -0.25) is 4.90 Å². The minimum Gasteiger partial charge on any atom is -0.463 e. The van der Waals surface area contributed by atoms with E-state index in [0.717, 1.165) is 12.1 Å². The highest BCUT2D eigenvalue weighted by atomic mass is 32.2. The van der Waals surface area contributed by atoms with Crippen LogP contribution < -0.4 is 5.32 Å². The maximum Gasteiger partial charge on any atom is 0.416 e. The number of hydrogen-bond donors (Lipinski definition) is 1. The molecular formula is C19H21F3N2O5S. The van der Waals surface area contributed by atoms with Gasteiger partial charge in [0.1, 0.15) is 0 Å². The number of esters is 1. The Labute approximate surface area is 171 Å². The van der Waals surface area contributed by atoms with Crippen molar-refractivity contribution in [3.8, 4) is 0 Å². The average Bonchev–Trinajstić information content (AvgIpc) is 3.00. The highest BCUT2D eigenvalue weighted by Crippen LogP contribution is 2.37. The van der Waals surface area contributed by atoms with Gasteiger partial charge in [-0.15, -0.1) is 0 Å². The summed E-state index contributed by atoms with van der Waals surface area (Å²) < 4.78 is 68.2. The van der Waals surface area contributed by atoms with Crippen molar-refractivity contribution in [1.29, 1.82) is 0 Å². The first-order chi connectivity index (χ1) is 13.9. The molecule has 2 aliphatic rings. The molecule has 11 heteroatoms. The monoisotopic (exact) mass is 446 g/mol. The fraction of sp³-hybridized carbons (Fsp3) is 0.474. The van der Waals surface area contributed by atoms with Crippen molar-refractivity contribution in [2.24, 2.45) is 0 Å². The van der Waals surface area contributed by atoms with Crippen molar-refractivity contribution < 1.29 is 35.9 Å². The molecule has 1 aromatic carbocycles. The van der Waals surface area contributed by atoms with Crippen LogP contribution in [0.1, 0.15) is 37.4 Å². The van der Waals surface area contributed by atoms with Gasteiger partial charge in [0, 0.05) is 5.70 Å². The van der Waals surface area contributed by atoms with E-state index in [1.54, 1.807) is 6.92 Å². The molecule has 30 heavy (non-hydrogen) atoms. The molecule has 164 valence electrons. The third kappa shape index (κ3) is 4.30. The average molecular weight is 446 g/mol. The molecule has 7 nitrogen and oxygen atoms in total. The van der Waals surface area contributed by atoms with Gasteiger partial charge in [0.05, 0.1) is 41.3 Å². The molecule has 0 saturated carbocycles. The Morgan fingerprint density at radius 3 is 2.60 bits per heavy atom. The van der Waals surface area contributed by atoms with E-state index in [9.17, 15) is 31.2 Å². The van der Waals surface area contributed by atoms with Crippen molar-refractivity contribution in [1.82, 2.24) is 10.2 Å². The smallest absolute Gasteiger partial charge is 0.416 e. The Bertz CT molecular complexity index is 1000. The minimum absolute atomic E-state index is 0.0245. The molecule has 1 saturated heterocycles. The molecule has 1 aromatic rings. The van der Waals surface area contributed by atoms with Crippen LogP contribution in [-0.4, -0.2) is 49.5 Å². The molecule has 2 atom stereocenters. The molecule has 2 aliphatic heterocycles. The van der Waals surface area contributed by atoms with Crippen molar-refractivity contribution in [2.45, 2.75) is 38.5 Å². The van der Waals surface area contributed by atoms with Gasteiger partial charge in [0.25, 0.3) is 0 Å². The highest BCUT2D eigenvalue weighted by molar-refractivity contribution is 7.91. The van der Waals surface area contributed by atoms with E-state index in [1.807, 2.05) is 0 Å². The Hall–Kier alpha value is -2.56. The molecule has 0 unspecified atom stereocenters. The summed E-state index contributed by atoms with van der Waals surface area (Å²) in [6.45, 7) is 3.07. The quantitative estimate of drug-likeness (QED) is 0.718. The molecular weight excluding hydrogens is 425 g/mol. The number of hydrogen-bond acceptors (Lipinski definition) is 5. The number of carbonyl (C=O) groups is 2. The summed E-state index contributed by atoms with van der Waals surface area (Å²) in [6, 6.07) is 1.83. The van der Waals surface area contributed by atoms with Gasteiger partial charge >= 0.3 is 18.2 Å². The number of allylic oxidation sites excluding steroid dienone is 1. The molecule has 0 bridgehead atoms. The molecule has 0 aromatic heterocycles. The fourth-order valence-corrected chi connectivity index (χ4v) is 5.49. The third-order valence-corrected chi connectivity index (χ3v) is 6.89. The standard InChI is InChI=1S/C19H21F3N2O5S/c1-3-29-17(25)15-11(2)24(14-7-8-30(27,28)10-14)18(26)23-16(15)12-5-4-6-13(9-12)19(20,21)22/h4-6,9,14,16H,3,7-8,10H2,1-2H3,(H,23,26)/t14-,16-/m1/s1. The molecule has 3 rings (SSSR count). The SMILES string of the molecule is CCOC(=O)C1=C(C)N([C@@H]2CCS(=O)(=O)C2)C(=O)N[C@@H]1c1cccc(C(F)(F)F)c1. The van der Waals surface area contributed by atoms with Crippen LogP contribution in [0.25, 0.3) is 0 Å². The van der Waals surface area contributed by atoms with Crippen LogP contribution in [0.3, 0.4) is 0 Å². The number of carbonyl (C=O) groups excluding carboxylic acids is 2. The number of rotatable bonds is 4. The van der Waals surface area contributed by atoms with E-state index in [-0.39, 0.29) is 41.4 Å². The maximum atomic E-state index is 13.1. The van der Waals surface area contributed by atoms with Gasteiger partial charge in [-0.2, -0.15) is 13.2 Å². The lowest BCUT2D eigenvalue weighted by atomic mass is 9.93. The summed E-state index contributed by atoms with van der Waals surface area (Å²) in [5.41, 5.74) is -0.708. The van der Waals surface area contributed by atoms with Crippen LogP contribution in [0, 0.1) is 0 Å². The van der Waals surface area contributed by atoms with Gasteiger partial charge in [0.2, 0.25) is 0 Å². The second-order valence-electron chi connectivity index (χ2n) is 7.15. The third-order valence-electron chi connectivity index (χ3n) is 5.14. The largest absolute Gasteiger partial charge is 0.463 e. The zero-order chi connectivity index (χ0) is 22.3. The van der Waals surface area contributed by atoms with Crippen molar-refractivity contribution in [3.63, 3.8) is 0 Å². The van der Waals surface area contributed by atoms with Gasteiger partial charge in [-0.25, -0.2) is 18.0 Å². The molecule has 0 spiro atoms. The Kier molecular flexibility index (Phi) is 5.85. The lowest BCUT2D eigenvalue weighted by Crippen LogP contribution is -2.52. The van der Waals surface area contributed by atoms with Crippen LogP contribution >= 0.6 is 0 Å². The van der Waals surface area contributed by atoms with E-state index in [1.165, 1.54) is 24.0 Å². The second kappa shape index (κ2) is 7.93. The van der Waals surface area contributed by atoms with E-state index in [2.05, 4.69) is 5.32 Å². The maximum absolute atomic E-state index is 13.1. The first-order valence-electron chi connectivity index (χ1n) is 9.30. The summed E-state index contributed by atoms with van der Waals surface area (Å²) in [4.78, 5) is 26.7. The molecule has 2 heterocycles. The first kappa shape index (κ1) is 22.1. The number of urea groups is 1. The fourth-order valence-electron chi connectivity index (χ4n) is 3.79. The zero-order valence-corrected chi connectivity index (χ0v) is 17.1. The summed E-state index contributed by atoms with van der Waals surface area (Å²) in [5.74, 6) is -1.12. The van der Waals surface area contributed by atoms with Crippen molar-refractivity contribution in [3.05, 3.63) is 46.7 Å². The summed E-state index contributed by atoms with van der Waals surface area (Å²) >= 11 is 0. The van der Waals surface area contributed by atoms with Crippen molar-refractivity contribution in [2.75, 3.05) is 18.1 Å². The van der Waals surface area contributed by atoms with E-state index in [0.29, 0.717) is 0 Å². The van der Waals surface area contributed by atoms with Crippen LogP contribution in [0.2, 0.25) is 0 Å². The number of nitrogens with one attached hydrogen (secondary N) is 1. The number of sulfone groups is 1. The van der Waals surface area contributed by atoms with Gasteiger partial charge in [-0.05, 0) is 38.0 Å². The van der Waals surface area contributed by atoms with E-state index < -0.39 is 45.7 Å². The number of alkyl halides is 3. The molecule has 0 radical (unpaired) electrons. The lowest BCUT2D eigenvalue weighted by molar-refractivity contribution is -0.139. The molecule has 2 amide bonds. The number of ether oxygens (including phenoxy) is 1. The van der Waals surface area contributed by atoms with Crippen molar-refractivity contribution >= 4 is 21.8 Å². The number of amides is 2. The number of benzene rings is 1. The van der Waals surface area contributed by atoms with Crippen LogP contribution in [0.4, 0.5) is 18.0 Å². The van der Waals surface area contributed by atoms with Crippen LogP contribution in [0.15, 0.2) is 35.5 Å². The minimum atomic E-state index is -4.60. The molecule has 1 fully saturated rings. The normalized spacial score (nSPS) is 24.0. The summed E-state index contributed by atoms with van der Waals surface area (Å²) in [7, 11) is -3.31. The zero-order valence-electron chi connectivity index (χ0n) is 16.3. The Morgan fingerprint density at radius 2 is 2.03 bits per heavy atom. The second-order valence-corrected chi connectivity index (χ2v) is 9.38. The predicted molar refractivity (Wildman–Crippen MR) is 101 cm³/mol. The van der Waals surface area contributed by atoms with Crippen LogP contribution in [0.5, 0.6) is 0 Å². The topological polar surface area (TPSA) is 92.8 Å². The number of nitrogens with zero attached hydrogens (tertiary/aromatic N) is 1. The summed E-state index contributed by atoms with van der Waals surface area (Å²) in [5, 5.41) is 2.55. The Morgan fingerprint density at radius 1 is 1.33 bits per heavy atom. The highest BCUT2D eigenvalue weighted by Gasteiger charge is 2.43. The first-order valence-corrected chi connectivity index (χ1v) is 11.1. The van der Waals surface area contributed by atoms with Gasteiger partial charge < -0.3 is 10.1 Å². The molecule has 1 N–H and O–H groups in total. The Balaban J connectivity index is 2.08. The van der Waals surface area contributed by atoms with Gasteiger partial charge in [-0.1, -0.05) is 12.1 Å². The lowest BCUT2D eigenvalue weighted by Gasteiger charge is -2.38. The van der Waals surface area contributed by atoms with E-state index in [4.69, 9.17) is 4.74 Å². The van der Waals surface area contributed by atoms with Crippen LogP contribution in [-0.2, 0) is 25.5 Å². The predicted octanol–water partition coefficient (Wildman–Crippen LogP) is 2.80. The summed E-state index contributed by atoms with van der Waals surface area (Å²) in [6.07, 6.45) is -4.39. The number of halogens is 3.